The minimum atomic E-state index is -4.67. The number of thioether (sulfide) groups is 1. The molecule has 1 aromatic carbocycles. The second-order valence-electron chi connectivity index (χ2n) is 6.51. The number of amides is 1. The van der Waals surface area contributed by atoms with Gasteiger partial charge >= 0.3 is 6.18 Å². The van der Waals surface area contributed by atoms with Crippen molar-refractivity contribution in [3.63, 3.8) is 0 Å². The summed E-state index contributed by atoms with van der Waals surface area (Å²) in [5.41, 5.74) is 3.97. The molecule has 0 aliphatic carbocycles. The number of nitrogens with zero attached hydrogens (tertiary/aromatic N) is 2. The van der Waals surface area contributed by atoms with Crippen LogP contribution in [-0.4, -0.2) is 15.9 Å². The number of aryl methyl sites for hydroxylation is 1. The molecule has 12 heteroatoms. The molecular formula is C20H13F6N3O2S. The van der Waals surface area contributed by atoms with E-state index in [1.54, 1.807) is 0 Å². The Morgan fingerprint density at radius 2 is 1.78 bits per heavy atom. The molecule has 3 aromatic rings. The van der Waals surface area contributed by atoms with Crippen molar-refractivity contribution < 1.29 is 36.2 Å². The van der Waals surface area contributed by atoms with Crippen molar-refractivity contribution in [3.8, 4) is 5.75 Å². The lowest BCUT2D eigenvalue weighted by Gasteiger charge is -2.21. The van der Waals surface area contributed by atoms with Gasteiger partial charge in [0.15, 0.2) is 5.82 Å². The Morgan fingerprint density at radius 3 is 2.31 bits per heavy atom. The maximum absolute atomic E-state index is 14.7. The van der Waals surface area contributed by atoms with Crippen LogP contribution in [-0.2, 0) is 6.18 Å². The van der Waals surface area contributed by atoms with Gasteiger partial charge in [0.05, 0.1) is 10.8 Å². The molecule has 3 rings (SSSR count). The minimum absolute atomic E-state index is 0.104. The van der Waals surface area contributed by atoms with Crippen LogP contribution in [0.3, 0.4) is 0 Å². The molecular weight excluding hydrogens is 460 g/mol. The molecule has 0 spiro atoms. The number of hydrogen-bond donors (Lipinski definition) is 1. The molecule has 0 fully saturated rings. The zero-order valence-electron chi connectivity index (χ0n) is 16.1. The van der Waals surface area contributed by atoms with E-state index in [1.807, 2.05) is 0 Å². The Bertz CT molecular complexity index is 1160. The topological polar surface area (TPSA) is 78.1 Å². The number of benzene rings is 1. The number of pyridine rings is 2. The molecule has 168 valence electrons. The molecule has 0 aliphatic rings. The van der Waals surface area contributed by atoms with E-state index < -0.39 is 46.0 Å². The van der Waals surface area contributed by atoms with Gasteiger partial charge in [0.25, 0.3) is 5.91 Å². The van der Waals surface area contributed by atoms with Crippen LogP contribution < -0.4 is 10.7 Å². The van der Waals surface area contributed by atoms with Crippen LogP contribution >= 0.6 is 11.8 Å². The normalized spacial score (nSPS) is 12.5. The average molecular weight is 473 g/mol. The Labute approximate surface area is 181 Å². The molecule has 1 atom stereocenters. The first-order valence-electron chi connectivity index (χ1n) is 8.75. The van der Waals surface area contributed by atoms with E-state index in [0.29, 0.717) is 11.6 Å². The number of carbonyl (C=O) groups excluding carboxylic acids is 1. The van der Waals surface area contributed by atoms with Crippen LogP contribution in [0.25, 0.3) is 0 Å². The third-order valence-corrected chi connectivity index (χ3v) is 5.64. The fraction of sp³-hybridized carbons (Fsp3) is 0.150. The molecule has 5 nitrogen and oxygen atoms in total. The number of rotatable bonds is 6. The summed E-state index contributed by atoms with van der Waals surface area (Å²) in [5, 5.41) is -1.23. The highest BCUT2D eigenvalue weighted by Crippen LogP contribution is 2.47. The van der Waals surface area contributed by atoms with Gasteiger partial charge in [-0.3, -0.25) is 19.7 Å². The lowest BCUT2D eigenvalue weighted by molar-refractivity contribution is -0.141. The molecule has 0 saturated carbocycles. The van der Waals surface area contributed by atoms with Crippen LogP contribution in [0.5, 0.6) is 5.75 Å². The van der Waals surface area contributed by atoms with Gasteiger partial charge in [-0.1, -0.05) is 0 Å². The van der Waals surface area contributed by atoms with Crippen molar-refractivity contribution >= 4 is 17.7 Å². The van der Waals surface area contributed by atoms with Gasteiger partial charge in [-0.25, -0.2) is 8.78 Å². The third kappa shape index (κ3) is 4.79. The molecule has 1 amide bonds. The Hall–Kier alpha value is -3.28. The van der Waals surface area contributed by atoms with Crippen LogP contribution in [0.15, 0.2) is 47.6 Å². The maximum atomic E-state index is 14.7. The molecule has 0 radical (unpaired) electrons. The third-order valence-electron chi connectivity index (χ3n) is 4.40. The van der Waals surface area contributed by atoms with Crippen molar-refractivity contribution in [1.82, 2.24) is 9.97 Å². The van der Waals surface area contributed by atoms with Crippen LogP contribution in [0.4, 0.5) is 26.5 Å². The number of hydrogen-bond acceptors (Lipinski definition) is 5. The number of halogens is 6. The fourth-order valence-corrected chi connectivity index (χ4v) is 4.12. The number of nitrogens with two attached hydrogens (primary N) is 1. The lowest BCUT2D eigenvalue weighted by Crippen LogP contribution is -2.14. The number of primary amides is 1. The van der Waals surface area contributed by atoms with Gasteiger partial charge in [-0.15, -0.1) is 11.8 Å². The van der Waals surface area contributed by atoms with E-state index in [9.17, 15) is 31.3 Å². The largest absolute Gasteiger partial charge is 0.433 e. The van der Waals surface area contributed by atoms with Gasteiger partial charge in [0.1, 0.15) is 17.2 Å². The first kappa shape index (κ1) is 23.4. The van der Waals surface area contributed by atoms with E-state index in [2.05, 4.69) is 14.9 Å². The van der Waals surface area contributed by atoms with E-state index in [4.69, 9.17) is 5.73 Å². The molecule has 0 saturated heterocycles. The van der Waals surface area contributed by atoms with Crippen molar-refractivity contribution in [2.75, 3.05) is 0 Å². The molecule has 0 bridgehead atoms. The van der Waals surface area contributed by atoms with Crippen LogP contribution in [0, 0.1) is 18.6 Å². The van der Waals surface area contributed by atoms with Crippen molar-refractivity contribution in [1.29, 1.82) is 0 Å². The van der Waals surface area contributed by atoms with E-state index in [0.717, 1.165) is 42.4 Å². The summed E-state index contributed by atoms with van der Waals surface area (Å²) in [6.07, 6.45) is -2.61. The monoisotopic (exact) mass is 473 g/mol. The number of carbonyl (C=O) groups is 1. The summed E-state index contributed by atoms with van der Waals surface area (Å²) in [4.78, 5) is 22.3. The van der Waals surface area contributed by atoms with E-state index in [1.165, 1.54) is 13.0 Å². The summed E-state index contributed by atoms with van der Waals surface area (Å²) >= 11 is 0.756. The van der Waals surface area contributed by atoms with Gasteiger partial charge in [0, 0.05) is 21.8 Å². The summed E-state index contributed by atoms with van der Waals surface area (Å²) < 4.78 is 80.4. The van der Waals surface area contributed by atoms with E-state index in [-0.39, 0.29) is 16.2 Å². The highest BCUT2D eigenvalue weighted by molar-refractivity contribution is 7.99. The summed E-state index contributed by atoms with van der Waals surface area (Å²) in [6.45, 7) is 1.52. The minimum Gasteiger partial charge on any atom is -0.364 e. The zero-order valence-corrected chi connectivity index (χ0v) is 16.9. The molecule has 32 heavy (non-hydrogen) atoms. The second-order valence-corrected chi connectivity index (χ2v) is 7.69. The first-order chi connectivity index (χ1) is 15.0. The molecule has 2 heterocycles. The summed E-state index contributed by atoms with van der Waals surface area (Å²) in [5.74, 6) is -4.09. The zero-order chi connectivity index (χ0) is 23.6. The van der Waals surface area contributed by atoms with Crippen molar-refractivity contribution in [2.24, 2.45) is 5.73 Å². The molecule has 2 aromatic heterocycles. The maximum Gasteiger partial charge on any atom is 0.433 e. The molecule has 0 aliphatic heterocycles. The predicted octanol–water partition coefficient (Wildman–Crippen LogP) is 5.33. The smallest absolute Gasteiger partial charge is 0.364 e. The number of alkyl halides is 3. The second kappa shape index (κ2) is 9.07. The average Bonchev–Trinajstić information content (AvgIpc) is 2.73. The summed E-state index contributed by atoms with van der Waals surface area (Å²) in [6, 6.07) is 4.52. The molecule has 2 N–H and O–H groups in total. The highest BCUT2D eigenvalue weighted by Gasteiger charge is 2.33. The standard InChI is InChI=1S/C20H13F6N3O2S/c1-9-6-14(19(27)30)28-8-11(9)18(16-12(21)3-4-13(22)17(16)31-26)32-10-2-5-15(29-7-10)20(23,24)25/h2-8,18H,1H3,(H2,27,30). The predicted molar refractivity (Wildman–Crippen MR) is 103 cm³/mol. The van der Waals surface area contributed by atoms with Gasteiger partial charge in [-0.05, 0) is 48.4 Å². The van der Waals surface area contributed by atoms with Gasteiger partial charge in [-0.2, -0.15) is 13.2 Å². The SMILES string of the molecule is Cc1cc(C(N)=O)ncc1C(Sc1ccc(C(F)(F)F)nc1)c1c(F)ccc(F)c1OF. The molecule has 1 unspecified atom stereocenters. The van der Waals surface area contributed by atoms with Crippen molar-refractivity contribution in [3.05, 3.63) is 82.4 Å². The quantitative estimate of drug-likeness (QED) is 0.387. The summed E-state index contributed by atoms with van der Waals surface area (Å²) in [7, 11) is 0. The Kier molecular flexibility index (Phi) is 6.63. The van der Waals surface area contributed by atoms with Gasteiger partial charge < -0.3 is 5.73 Å². The lowest BCUT2D eigenvalue weighted by atomic mass is 9.99. The van der Waals surface area contributed by atoms with Crippen LogP contribution in [0.2, 0.25) is 0 Å². The van der Waals surface area contributed by atoms with Crippen molar-refractivity contribution in [2.45, 2.75) is 23.2 Å². The Morgan fingerprint density at radius 1 is 1.09 bits per heavy atom. The first-order valence-corrected chi connectivity index (χ1v) is 9.63. The Balaban J connectivity index is 2.15. The van der Waals surface area contributed by atoms with E-state index >= 15 is 0 Å². The van der Waals surface area contributed by atoms with Gasteiger partial charge in [0.2, 0.25) is 5.75 Å². The fourth-order valence-electron chi connectivity index (χ4n) is 2.88. The van der Waals surface area contributed by atoms with Crippen LogP contribution in [0.1, 0.15) is 38.1 Å². The number of aromatic nitrogens is 2. The highest BCUT2D eigenvalue weighted by atomic mass is 32.2.